The van der Waals surface area contributed by atoms with E-state index in [2.05, 4.69) is 36.4 Å². The zero-order chi connectivity index (χ0) is 19.4. The summed E-state index contributed by atoms with van der Waals surface area (Å²) in [5.74, 6) is -1.04. The summed E-state index contributed by atoms with van der Waals surface area (Å²) in [6.45, 7) is 0. The van der Waals surface area contributed by atoms with E-state index in [1.807, 2.05) is 54.6 Å². The van der Waals surface area contributed by atoms with Crippen LogP contribution in [0.25, 0.3) is 0 Å². The second-order valence-electron chi connectivity index (χ2n) is 6.71. The minimum absolute atomic E-state index is 0. The summed E-state index contributed by atoms with van der Waals surface area (Å²) in [6, 6.07) is 34.7. The SMILES string of the molecule is Fc1ccc(C[P+](c2ccccc2)(c2ccccc2)c2ccccc2)c(F)c1.[Br-]. The lowest BCUT2D eigenvalue weighted by molar-refractivity contribution is -0.00000666. The van der Waals surface area contributed by atoms with Crippen LogP contribution in [0.2, 0.25) is 0 Å². The van der Waals surface area contributed by atoms with Gasteiger partial charge in [-0.1, -0.05) is 54.6 Å². The molecule has 0 amide bonds. The molecule has 0 spiro atoms. The molecule has 0 aliphatic carbocycles. The number of benzene rings is 4. The predicted octanol–water partition coefficient (Wildman–Crippen LogP) is 2.46. The summed E-state index contributed by atoms with van der Waals surface area (Å²) >= 11 is 0. The molecule has 0 aromatic heterocycles. The summed E-state index contributed by atoms with van der Waals surface area (Å²) in [7, 11) is -2.18. The Morgan fingerprint density at radius 2 is 0.966 bits per heavy atom. The molecule has 0 aliphatic rings. The van der Waals surface area contributed by atoms with Gasteiger partial charge in [-0.2, -0.15) is 0 Å². The van der Waals surface area contributed by atoms with Crippen LogP contribution in [0.5, 0.6) is 0 Å². The van der Waals surface area contributed by atoms with Gasteiger partial charge in [0.1, 0.15) is 41.0 Å². The van der Waals surface area contributed by atoms with E-state index in [-0.39, 0.29) is 17.0 Å². The molecule has 4 aromatic carbocycles. The third kappa shape index (κ3) is 4.32. The lowest BCUT2D eigenvalue weighted by atomic mass is 10.2. The average Bonchev–Trinajstić information content (AvgIpc) is 2.75. The van der Waals surface area contributed by atoms with Gasteiger partial charge in [0.25, 0.3) is 0 Å². The second kappa shape index (κ2) is 9.43. The molecular weight excluding hydrogens is 449 g/mol. The van der Waals surface area contributed by atoms with Crippen LogP contribution in [0, 0.1) is 11.6 Å². The first-order valence-electron chi connectivity index (χ1n) is 9.19. The van der Waals surface area contributed by atoms with Crippen molar-refractivity contribution in [2.75, 3.05) is 0 Å². The van der Waals surface area contributed by atoms with E-state index in [4.69, 9.17) is 0 Å². The van der Waals surface area contributed by atoms with Gasteiger partial charge in [-0.15, -0.1) is 0 Å². The summed E-state index contributed by atoms with van der Waals surface area (Å²) in [6.07, 6.45) is 0.497. The Morgan fingerprint density at radius 1 is 0.552 bits per heavy atom. The van der Waals surface area contributed by atoms with Crippen molar-refractivity contribution >= 4 is 23.2 Å². The smallest absolute Gasteiger partial charge is 0.132 e. The average molecular weight is 469 g/mol. The quantitative estimate of drug-likeness (QED) is 0.394. The topological polar surface area (TPSA) is 0 Å². The summed E-state index contributed by atoms with van der Waals surface area (Å²) < 4.78 is 28.2. The predicted molar refractivity (Wildman–Crippen MR) is 115 cm³/mol. The Hall–Kier alpha value is -2.35. The van der Waals surface area contributed by atoms with E-state index in [0.29, 0.717) is 11.7 Å². The van der Waals surface area contributed by atoms with Gasteiger partial charge in [-0.25, -0.2) is 8.78 Å². The molecule has 0 bridgehead atoms. The van der Waals surface area contributed by atoms with Crippen molar-refractivity contribution in [3.63, 3.8) is 0 Å². The number of rotatable bonds is 5. The van der Waals surface area contributed by atoms with Gasteiger partial charge in [0.2, 0.25) is 0 Å². The highest BCUT2D eigenvalue weighted by Gasteiger charge is 2.45. The van der Waals surface area contributed by atoms with Gasteiger partial charge in [-0.05, 0) is 48.5 Å². The second-order valence-corrected chi connectivity index (χ2v) is 10.2. The molecule has 0 heterocycles. The molecule has 4 heteroatoms. The molecule has 0 N–H and O–H groups in total. The van der Waals surface area contributed by atoms with Crippen molar-refractivity contribution in [3.8, 4) is 0 Å². The van der Waals surface area contributed by atoms with E-state index in [1.165, 1.54) is 22.0 Å². The van der Waals surface area contributed by atoms with Gasteiger partial charge < -0.3 is 17.0 Å². The third-order valence-corrected chi connectivity index (χ3v) is 9.37. The minimum Gasteiger partial charge on any atom is -1.00 e. The molecule has 4 rings (SSSR count). The zero-order valence-electron chi connectivity index (χ0n) is 15.7. The van der Waals surface area contributed by atoms with Gasteiger partial charge in [0.15, 0.2) is 0 Å². The van der Waals surface area contributed by atoms with Crippen molar-refractivity contribution in [2.24, 2.45) is 0 Å². The summed E-state index contributed by atoms with van der Waals surface area (Å²) in [5, 5.41) is 3.53. The fourth-order valence-electron chi connectivity index (χ4n) is 3.67. The third-order valence-electron chi connectivity index (χ3n) is 5.01. The van der Waals surface area contributed by atoms with Crippen LogP contribution in [0.3, 0.4) is 0 Å². The maximum atomic E-state index is 14.7. The molecule has 0 aliphatic heterocycles. The zero-order valence-corrected chi connectivity index (χ0v) is 18.2. The lowest BCUT2D eigenvalue weighted by Crippen LogP contribution is -3.00. The van der Waals surface area contributed by atoms with Gasteiger partial charge >= 0.3 is 0 Å². The Balaban J connectivity index is 0.00000240. The van der Waals surface area contributed by atoms with Gasteiger partial charge in [0, 0.05) is 11.6 Å². The van der Waals surface area contributed by atoms with Crippen LogP contribution in [0.15, 0.2) is 109 Å². The van der Waals surface area contributed by atoms with Crippen molar-refractivity contribution in [3.05, 3.63) is 126 Å². The Labute approximate surface area is 181 Å². The Bertz CT molecular complexity index is 957. The molecule has 0 saturated heterocycles. The van der Waals surface area contributed by atoms with Gasteiger partial charge in [-0.3, -0.25) is 0 Å². The molecule has 0 nitrogen and oxygen atoms in total. The number of hydrogen-bond donors (Lipinski definition) is 0. The largest absolute Gasteiger partial charge is 1.00 e. The van der Waals surface area contributed by atoms with Crippen LogP contribution in [0.1, 0.15) is 5.56 Å². The van der Waals surface area contributed by atoms with Gasteiger partial charge in [0.05, 0.1) is 0 Å². The Kier molecular flexibility index (Phi) is 6.95. The molecule has 29 heavy (non-hydrogen) atoms. The molecule has 0 radical (unpaired) electrons. The first-order chi connectivity index (χ1) is 13.7. The van der Waals surface area contributed by atoms with E-state index < -0.39 is 18.9 Å². The summed E-state index contributed by atoms with van der Waals surface area (Å²) in [4.78, 5) is 0. The van der Waals surface area contributed by atoms with Crippen molar-refractivity contribution in [1.82, 2.24) is 0 Å². The molecule has 0 unspecified atom stereocenters. The Morgan fingerprint density at radius 3 is 1.34 bits per heavy atom. The maximum absolute atomic E-state index is 14.7. The lowest BCUT2D eigenvalue weighted by Gasteiger charge is -2.28. The van der Waals surface area contributed by atoms with Crippen LogP contribution in [-0.2, 0) is 6.16 Å². The van der Waals surface area contributed by atoms with E-state index >= 15 is 0 Å². The molecule has 146 valence electrons. The molecule has 0 fully saturated rings. The maximum Gasteiger partial charge on any atom is 0.132 e. The van der Waals surface area contributed by atoms with Crippen molar-refractivity contribution in [1.29, 1.82) is 0 Å². The molecule has 0 saturated carbocycles. The van der Waals surface area contributed by atoms with Crippen LogP contribution < -0.4 is 32.9 Å². The normalized spacial score (nSPS) is 11.0. The highest BCUT2D eigenvalue weighted by Crippen LogP contribution is 2.58. The van der Waals surface area contributed by atoms with E-state index in [0.717, 1.165) is 6.07 Å². The van der Waals surface area contributed by atoms with Crippen LogP contribution >= 0.6 is 7.26 Å². The first kappa shape index (κ1) is 21.4. The van der Waals surface area contributed by atoms with Crippen LogP contribution in [0.4, 0.5) is 8.78 Å². The van der Waals surface area contributed by atoms with E-state index in [9.17, 15) is 8.78 Å². The molecule has 4 aromatic rings. The minimum atomic E-state index is -2.18. The fraction of sp³-hybridized carbons (Fsp3) is 0.0400. The molecule has 0 atom stereocenters. The van der Waals surface area contributed by atoms with Crippen LogP contribution in [-0.4, -0.2) is 0 Å². The highest BCUT2D eigenvalue weighted by molar-refractivity contribution is 7.95. The summed E-state index contributed by atoms with van der Waals surface area (Å²) in [5.41, 5.74) is 0.534. The van der Waals surface area contributed by atoms with Crippen molar-refractivity contribution in [2.45, 2.75) is 6.16 Å². The number of halogens is 3. The first-order valence-corrected chi connectivity index (χ1v) is 11.2. The standard InChI is InChI=1S/C25H20F2P.BrH/c26-21-17-16-20(25(27)18-21)19-28(22-10-4-1-5-11-22,23-12-6-2-7-13-23)24-14-8-3-9-15-24;/h1-18H,19H2;1H/q+1;/p-1. The monoisotopic (exact) mass is 468 g/mol. The fourth-order valence-corrected chi connectivity index (χ4v) is 7.93. The molecular formula is C25H20BrF2P. The van der Waals surface area contributed by atoms with E-state index in [1.54, 1.807) is 6.07 Å². The van der Waals surface area contributed by atoms with Crippen molar-refractivity contribution < 1.29 is 25.8 Å². The number of hydrogen-bond acceptors (Lipinski definition) is 0. The highest BCUT2D eigenvalue weighted by atomic mass is 79.9.